The molecule has 0 spiro atoms. The Balaban J connectivity index is 1.60. The first-order valence-corrected chi connectivity index (χ1v) is 10.5. The number of ether oxygens (including phenoxy) is 1. The van der Waals surface area contributed by atoms with Crippen molar-refractivity contribution >= 4 is 28.6 Å². The SMILES string of the molecule is C[C@H](O)CNc1nccc(-c2cn(C3CCOC3)nc2-c2cnc3[nH]cc(Cl)c3c2)n1. The van der Waals surface area contributed by atoms with E-state index in [1.54, 1.807) is 25.5 Å². The first-order chi connectivity index (χ1) is 15.1. The first kappa shape index (κ1) is 19.9. The third kappa shape index (κ3) is 3.99. The lowest BCUT2D eigenvalue weighted by molar-refractivity contribution is 0.184. The number of aliphatic hydroxyl groups excluding tert-OH is 1. The maximum atomic E-state index is 9.55. The van der Waals surface area contributed by atoms with Crippen LogP contribution in [0.1, 0.15) is 19.4 Å². The van der Waals surface area contributed by atoms with Crippen LogP contribution in [-0.2, 0) is 4.74 Å². The summed E-state index contributed by atoms with van der Waals surface area (Å²) in [5.41, 5.74) is 3.92. The molecule has 31 heavy (non-hydrogen) atoms. The molecular weight excluding hydrogens is 418 g/mol. The lowest BCUT2D eigenvalue weighted by atomic mass is 10.1. The van der Waals surface area contributed by atoms with E-state index in [-0.39, 0.29) is 6.04 Å². The van der Waals surface area contributed by atoms with Gasteiger partial charge < -0.3 is 20.1 Å². The molecule has 5 heterocycles. The number of nitrogens with zero attached hydrogens (tertiary/aromatic N) is 5. The maximum absolute atomic E-state index is 9.55. The number of anilines is 1. The molecule has 1 fully saturated rings. The topological polar surface area (TPSA) is 114 Å². The van der Waals surface area contributed by atoms with Crippen molar-refractivity contribution in [3.63, 3.8) is 0 Å². The quantitative estimate of drug-likeness (QED) is 0.422. The fourth-order valence-corrected chi connectivity index (χ4v) is 3.84. The van der Waals surface area contributed by atoms with E-state index in [4.69, 9.17) is 21.4 Å². The van der Waals surface area contributed by atoms with Crippen LogP contribution in [0.3, 0.4) is 0 Å². The highest BCUT2D eigenvalue weighted by Crippen LogP contribution is 2.34. The van der Waals surface area contributed by atoms with Gasteiger partial charge in [-0.3, -0.25) is 4.68 Å². The molecule has 10 heteroatoms. The van der Waals surface area contributed by atoms with Gasteiger partial charge in [0.2, 0.25) is 5.95 Å². The van der Waals surface area contributed by atoms with Gasteiger partial charge in [0.25, 0.3) is 0 Å². The first-order valence-electron chi connectivity index (χ1n) is 10.1. The Labute approximate surface area is 183 Å². The lowest BCUT2D eigenvalue weighted by Crippen LogP contribution is -2.16. The summed E-state index contributed by atoms with van der Waals surface area (Å²) in [6.07, 6.45) is 7.60. The molecule has 3 N–H and O–H groups in total. The van der Waals surface area contributed by atoms with Gasteiger partial charge >= 0.3 is 0 Å². The molecule has 4 aromatic rings. The van der Waals surface area contributed by atoms with Crippen LogP contribution in [-0.4, -0.2) is 60.7 Å². The van der Waals surface area contributed by atoms with Crippen molar-refractivity contribution in [2.45, 2.75) is 25.5 Å². The van der Waals surface area contributed by atoms with Gasteiger partial charge in [0, 0.05) is 54.5 Å². The minimum Gasteiger partial charge on any atom is -0.392 e. The number of hydrogen-bond acceptors (Lipinski definition) is 7. The molecule has 0 aromatic carbocycles. The van der Waals surface area contributed by atoms with Crippen LogP contribution in [0.4, 0.5) is 5.95 Å². The Morgan fingerprint density at radius 2 is 2.32 bits per heavy atom. The van der Waals surface area contributed by atoms with E-state index >= 15 is 0 Å². The minimum absolute atomic E-state index is 0.176. The molecule has 0 bridgehead atoms. The molecule has 0 saturated carbocycles. The summed E-state index contributed by atoms with van der Waals surface area (Å²) in [4.78, 5) is 16.5. The number of aromatic amines is 1. The zero-order chi connectivity index (χ0) is 21.4. The van der Waals surface area contributed by atoms with Gasteiger partial charge in [-0.05, 0) is 25.5 Å². The summed E-state index contributed by atoms with van der Waals surface area (Å²) < 4.78 is 7.50. The van der Waals surface area contributed by atoms with Gasteiger partial charge in [-0.2, -0.15) is 5.10 Å². The Morgan fingerprint density at radius 1 is 1.42 bits per heavy atom. The van der Waals surface area contributed by atoms with Gasteiger partial charge in [0.1, 0.15) is 11.3 Å². The zero-order valence-corrected chi connectivity index (χ0v) is 17.7. The number of aliphatic hydroxyl groups is 1. The summed E-state index contributed by atoms with van der Waals surface area (Å²) in [6.45, 7) is 3.43. The number of halogens is 1. The van der Waals surface area contributed by atoms with Crippen molar-refractivity contribution < 1.29 is 9.84 Å². The molecule has 0 radical (unpaired) electrons. The van der Waals surface area contributed by atoms with Crippen LogP contribution in [0.2, 0.25) is 5.02 Å². The van der Waals surface area contributed by atoms with E-state index < -0.39 is 6.10 Å². The average molecular weight is 440 g/mol. The van der Waals surface area contributed by atoms with E-state index in [1.165, 1.54) is 0 Å². The van der Waals surface area contributed by atoms with E-state index in [0.717, 1.165) is 46.6 Å². The van der Waals surface area contributed by atoms with Crippen LogP contribution in [0.25, 0.3) is 33.5 Å². The molecule has 160 valence electrons. The largest absolute Gasteiger partial charge is 0.392 e. The number of aromatic nitrogens is 6. The second-order valence-electron chi connectivity index (χ2n) is 7.64. The van der Waals surface area contributed by atoms with Crippen molar-refractivity contribution in [1.29, 1.82) is 0 Å². The van der Waals surface area contributed by atoms with Gasteiger partial charge in [-0.25, -0.2) is 15.0 Å². The van der Waals surface area contributed by atoms with E-state index in [1.807, 2.05) is 23.0 Å². The zero-order valence-electron chi connectivity index (χ0n) is 16.9. The van der Waals surface area contributed by atoms with Crippen LogP contribution < -0.4 is 5.32 Å². The molecule has 0 aliphatic carbocycles. The molecular formula is C21H22ClN7O2. The Bertz CT molecular complexity index is 1210. The summed E-state index contributed by atoms with van der Waals surface area (Å²) in [6, 6.07) is 4.00. The average Bonchev–Trinajstić information content (AvgIpc) is 3.52. The molecule has 5 rings (SSSR count). The molecule has 0 amide bonds. The van der Waals surface area contributed by atoms with Crippen LogP contribution in [0.15, 0.2) is 36.9 Å². The standard InChI is InChI=1S/C21H22ClN7O2/c1-12(30)7-26-21-23-4-2-18(27-21)16-10-29(14-3-5-31-11-14)28-19(16)13-6-15-17(22)9-25-20(15)24-8-13/h2,4,6,8-10,12,14,30H,3,5,7,11H2,1H3,(H,24,25)(H,23,26,27)/t12-,14?/m0/s1. The van der Waals surface area contributed by atoms with Crippen LogP contribution in [0, 0.1) is 0 Å². The second kappa shape index (κ2) is 8.26. The Hall–Kier alpha value is -3.01. The minimum atomic E-state index is -0.503. The fraction of sp³-hybridized carbons (Fsp3) is 0.333. The molecule has 4 aromatic heterocycles. The maximum Gasteiger partial charge on any atom is 0.223 e. The predicted octanol–water partition coefficient (Wildman–Crippen LogP) is 3.29. The number of rotatable bonds is 6. The van der Waals surface area contributed by atoms with Crippen molar-refractivity contribution in [1.82, 2.24) is 29.7 Å². The number of H-pyrrole nitrogens is 1. The third-order valence-corrected chi connectivity index (χ3v) is 5.57. The van der Waals surface area contributed by atoms with Gasteiger partial charge in [-0.1, -0.05) is 11.6 Å². The lowest BCUT2D eigenvalue weighted by Gasteiger charge is -2.08. The summed E-state index contributed by atoms with van der Waals surface area (Å²) in [5, 5.41) is 18.9. The Morgan fingerprint density at radius 3 is 3.13 bits per heavy atom. The van der Waals surface area contributed by atoms with Gasteiger partial charge in [0.15, 0.2) is 0 Å². The number of hydrogen-bond donors (Lipinski definition) is 3. The normalized spacial score (nSPS) is 17.3. The monoisotopic (exact) mass is 439 g/mol. The molecule has 1 aliphatic heterocycles. The predicted molar refractivity (Wildman–Crippen MR) is 118 cm³/mol. The third-order valence-electron chi connectivity index (χ3n) is 5.25. The molecule has 1 saturated heterocycles. The van der Waals surface area contributed by atoms with Crippen LogP contribution in [0.5, 0.6) is 0 Å². The van der Waals surface area contributed by atoms with Crippen molar-refractivity contribution in [3.05, 3.63) is 41.9 Å². The van der Waals surface area contributed by atoms with Gasteiger partial charge in [-0.15, -0.1) is 0 Å². The number of fused-ring (bicyclic) bond motifs is 1. The van der Waals surface area contributed by atoms with Crippen molar-refractivity contribution in [2.75, 3.05) is 25.1 Å². The van der Waals surface area contributed by atoms with E-state index in [0.29, 0.717) is 24.1 Å². The molecule has 9 nitrogen and oxygen atoms in total. The Kier molecular flexibility index (Phi) is 5.31. The second-order valence-corrected chi connectivity index (χ2v) is 8.05. The highest BCUT2D eigenvalue weighted by Gasteiger charge is 2.23. The van der Waals surface area contributed by atoms with E-state index in [2.05, 4.69) is 25.3 Å². The number of pyridine rings is 1. The molecule has 2 atom stereocenters. The summed E-state index contributed by atoms with van der Waals surface area (Å²) in [7, 11) is 0. The smallest absolute Gasteiger partial charge is 0.223 e. The summed E-state index contributed by atoms with van der Waals surface area (Å²) in [5.74, 6) is 0.448. The highest BCUT2D eigenvalue weighted by molar-refractivity contribution is 6.35. The summed E-state index contributed by atoms with van der Waals surface area (Å²) >= 11 is 6.32. The fourth-order valence-electron chi connectivity index (χ4n) is 3.64. The molecule has 1 aliphatic rings. The molecule has 1 unspecified atom stereocenters. The van der Waals surface area contributed by atoms with Crippen LogP contribution >= 0.6 is 11.6 Å². The van der Waals surface area contributed by atoms with Gasteiger partial charge in [0.05, 0.1) is 29.5 Å². The number of nitrogens with one attached hydrogen (secondary N) is 2. The van der Waals surface area contributed by atoms with Crippen molar-refractivity contribution in [3.8, 4) is 22.5 Å². The van der Waals surface area contributed by atoms with Crippen molar-refractivity contribution in [2.24, 2.45) is 0 Å². The highest BCUT2D eigenvalue weighted by atomic mass is 35.5. The van der Waals surface area contributed by atoms with E-state index in [9.17, 15) is 5.11 Å².